The number of pyridine rings is 1. The number of rotatable bonds is 5. The van der Waals surface area contributed by atoms with E-state index in [1.54, 1.807) is 25.3 Å². The van der Waals surface area contributed by atoms with Crippen molar-refractivity contribution in [1.82, 2.24) is 9.88 Å². The van der Waals surface area contributed by atoms with Gasteiger partial charge in [-0.15, -0.1) is 11.8 Å². The lowest BCUT2D eigenvalue weighted by atomic mass is 10.1. The number of thioether (sulfide) groups is 1. The summed E-state index contributed by atoms with van der Waals surface area (Å²) in [7, 11) is 0. The molecule has 0 N–H and O–H groups in total. The number of nitro benzene ring substituents is 1. The Bertz CT molecular complexity index is 787. The third kappa shape index (κ3) is 3.99. The molecule has 0 radical (unpaired) electrons. The number of amides is 1. The van der Waals surface area contributed by atoms with Crippen LogP contribution in [0.25, 0.3) is 0 Å². The van der Waals surface area contributed by atoms with Crippen LogP contribution < -0.4 is 0 Å². The van der Waals surface area contributed by atoms with E-state index in [1.807, 2.05) is 17.0 Å². The number of nitro groups is 1. The predicted octanol–water partition coefficient (Wildman–Crippen LogP) is 3.83. The minimum Gasteiger partial charge on any atom is -0.339 e. The summed E-state index contributed by atoms with van der Waals surface area (Å²) in [6.07, 6.45) is 3.74. The first kappa shape index (κ1) is 17.4. The van der Waals surface area contributed by atoms with Crippen molar-refractivity contribution in [2.45, 2.75) is 30.5 Å². The Morgan fingerprint density at radius 1 is 1.28 bits per heavy atom. The highest BCUT2D eigenvalue weighted by molar-refractivity contribution is 7.98. The summed E-state index contributed by atoms with van der Waals surface area (Å²) in [5, 5.41) is 11.8. The van der Waals surface area contributed by atoms with Crippen LogP contribution in [0.4, 0.5) is 5.69 Å². The van der Waals surface area contributed by atoms with Gasteiger partial charge in [-0.1, -0.05) is 12.1 Å². The molecule has 1 aromatic carbocycles. The van der Waals surface area contributed by atoms with Gasteiger partial charge in [-0.3, -0.25) is 14.9 Å². The lowest BCUT2D eigenvalue weighted by molar-refractivity contribution is -0.385. The van der Waals surface area contributed by atoms with Crippen molar-refractivity contribution in [3.63, 3.8) is 0 Å². The molecule has 3 rings (SSSR count). The Hall–Kier alpha value is -2.41. The zero-order valence-corrected chi connectivity index (χ0v) is 14.8. The average Bonchev–Trinajstić information content (AvgIpc) is 3.15. The van der Waals surface area contributed by atoms with Gasteiger partial charge in [0.25, 0.3) is 11.6 Å². The van der Waals surface area contributed by atoms with Gasteiger partial charge in [0, 0.05) is 36.7 Å². The lowest BCUT2D eigenvalue weighted by Gasteiger charge is -2.14. The number of benzene rings is 1. The Morgan fingerprint density at radius 3 is 2.68 bits per heavy atom. The van der Waals surface area contributed by atoms with E-state index in [0.29, 0.717) is 16.9 Å². The predicted molar refractivity (Wildman–Crippen MR) is 96.8 cm³/mol. The van der Waals surface area contributed by atoms with Crippen molar-refractivity contribution in [3.8, 4) is 0 Å². The molecule has 0 atom stereocenters. The van der Waals surface area contributed by atoms with Gasteiger partial charge in [-0.05, 0) is 37.5 Å². The third-order valence-corrected chi connectivity index (χ3v) is 5.36. The number of carbonyl (C=O) groups is 1. The van der Waals surface area contributed by atoms with Gasteiger partial charge in [0.15, 0.2) is 0 Å². The molecular weight excluding hydrogens is 338 g/mol. The maximum atomic E-state index is 12.3. The smallest absolute Gasteiger partial charge is 0.272 e. The third-order valence-electron chi connectivity index (χ3n) is 4.37. The molecule has 0 saturated carbocycles. The highest BCUT2D eigenvalue weighted by Gasteiger charge is 2.19. The number of hydrogen-bond acceptors (Lipinski definition) is 5. The molecule has 1 amide bonds. The Balaban J connectivity index is 1.65. The summed E-state index contributed by atoms with van der Waals surface area (Å²) >= 11 is 1.50. The molecule has 1 aliphatic rings. The first-order chi connectivity index (χ1) is 12.1. The standard InChI is InChI=1S/C18H19N3O3S/c1-13-15(5-4-6-16(13)21(23)24)12-25-17-8-7-14(11-19-17)18(22)20-9-2-3-10-20/h4-8,11H,2-3,9-10,12H2,1H3. The van der Waals surface area contributed by atoms with E-state index >= 15 is 0 Å². The zero-order valence-electron chi connectivity index (χ0n) is 14.0. The van der Waals surface area contributed by atoms with Crippen molar-refractivity contribution in [1.29, 1.82) is 0 Å². The van der Waals surface area contributed by atoms with E-state index in [9.17, 15) is 14.9 Å². The second-order valence-corrected chi connectivity index (χ2v) is 6.99. The largest absolute Gasteiger partial charge is 0.339 e. The van der Waals surface area contributed by atoms with Crippen molar-refractivity contribution in [2.75, 3.05) is 13.1 Å². The van der Waals surface area contributed by atoms with Gasteiger partial charge in [0.1, 0.15) is 0 Å². The summed E-state index contributed by atoms with van der Waals surface area (Å²) in [5.41, 5.74) is 2.34. The van der Waals surface area contributed by atoms with E-state index in [4.69, 9.17) is 0 Å². The molecule has 25 heavy (non-hydrogen) atoms. The molecule has 0 bridgehead atoms. The number of carbonyl (C=O) groups excluding carboxylic acids is 1. The van der Waals surface area contributed by atoms with Crippen LogP contribution in [0.5, 0.6) is 0 Å². The van der Waals surface area contributed by atoms with E-state index in [-0.39, 0.29) is 16.5 Å². The first-order valence-electron chi connectivity index (χ1n) is 8.17. The molecule has 6 nitrogen and oxygen atoms in total. The second kappa shape index (κ2) is 7.65. The van der Waals surface area contributed by atoms with Crippen LogP contribution in [-0.2, 0) is 5.75 Å². The highest BCUT2D eigenvalue weighted by atomic mass is 32.2. The second-order valence-electron chi connectivity index (χ2n) is 5.99. The normalized spacial score (nSPS) is 13.9. The lowest BCUT2D eigenvalue weighted by Crippen LogP contribution is -2.27. The van der Waals surface area contributed by atoms with Crippen molar-refractivity contribution >= 4 is 23.4 Å². The van der Waals surface area contributed by atoms with E-state index in [0.717, 1.165) is 36.5 Å². The van der Waals surface area contributed by atoms with Gasteiger partial charge in [0.2, 0.25) is 0 Å². The number of aromatic nitrogens is 1. The zero-order chi connectivity index (χ0) is 17.8. The van der Waals surface area contributed by atoms with Gasteiger partial charge in [0.05, 0.1) is 15.5 Å². The number of likely N-dealkylation sites (tertiary alicyclic amines) is 1. The summed E-state index contributed by atoms with van der Waals surface area (Å²) in [5.74, 6) is 0.635. The minimum absolute atomic E-state index is 0.0380. The van der Waals surface area contributed by atoms with Crippen LogP contribution in [0.2, 0.25) is 0 Å². The van der Waals surface area contributed by atoms with Crippen LogP contribution in [0.1, 0.15) is 34.3 Å². The number of hydrogen-bond donors (Lipinski definition) is 0. The van der Waals surface area contributed by atoms with Crippen LogP contribution >= 0.6 is 11.8 Å². The minimum atomic E-state index is -0.361. The van der Waals surface area contributed by atoms with Crippen LogP contribution in [0.15, 0.2) is 41.6 Å². The molecule has 1 fully saturated rings. The van der Waals surface area contributed by atoms with Gasteiger partial charge < -0.3 is 4.90 Å². The van der Waals surface area contributed by atoms with E-state index < -0.39 is 0 Å². The maximum Gasteiger partial charge on any atom is 0.272 e. The van der Waals surface area contributed by atoms with E-state index in [1.165, 1.54) is 17.8 Å². The molecule has 130 valence electrons. The van der Waals surface area contributed by atoms with Crippen LogP contribution in [-0.4, -0.2) is 33.8 Å². The molecule has 0 aliphatic carbocycles. The molecule has 1 saturated heterocycles. The monoisotopic (exact) mass is 357 g/mol. The molecule has 0 spiro atoms. The summed E-state index contributed by atoms with van der Waals surface area (Å²) in [6.45, 7) is 3.40. The molecule has 1 aliphatic heterocycles. The Kier molecular flexibility index (Phi) is 5.33. The average molecular weight is 357 g/mol. The fourth-order valence-electron chi connectivity index (χ4n) is 2.87. The van der Waals surface area contributed by atoms with Crippen LogP contribution in [0.3, 0.4) is 0 Å². The summed E-state index contributed by atoms with van der Waals surface area (Å²) < 4.78 is 0. The van der Waals surface area contributed by atoms with Gasteiger partial charge in [-0.2, -0.15) is 0 Å². The fraction of sp³-hybridized carbons (Fsp3) is 0.333. The fourth-order valence-corrected chi connectivity index (χ4v) is 3.78. The highest BCUT2D eigenvalue weighted by Crippen LogP contribution is 2.27. The van der Waals surface area contributed by atoms with Crippen molar-refractivity contribution in [3.05, 3.63) is 63.3 Å². The molecule has 7 heteroatoms. The topological polar surface area (TPSA) is 76.3 Å². The summed E-state index contributed by atoms with van der Waals surface area (Å²) in [6, 6.07) is 8.74. The first-order valence-corrected chi connectivity index (χ1v) is 9.16. The van der Waals surface area contributed by atoms with E-state index in [2.05, 4.69) is 4.98 Å². The number of nitrogens with zero attached hydrogens (tertiary/aromatic N) is 3. The quantitative estimate of drug-likeness (QED) is 0.462. The Morgan fingerprint density at radius 2 is 2.04 bits per heavy atom. The van der Waals surface area contributed by atoms with Gasteiger partial charge >= 0.3 is 0 Å². The molecular formula is C18H19N3O3S. The van der Waals surface area contributed by atoms with Crippen molar-refractivity contribution < 1.29 is 9.72 Å². The molecule has 2 heterocycles. The van der Waals surface area contributed by atoms with Crippen LogP contribution in [0, 0.1) is 17.0 Å². The summed E-state index contributed by atoms with van der Waals surface area (Å²) in [4.78, 5) is 29.2. The molecule has 2 aromatic rings. The maximum absolute atomic E-state index is 12.3. The Labute approximate surface area is 150 Å². The molecule has 1 aromatic heterocycles. The van der Waals surface area contributed by atoms with Gasteiger partial charge in [-0.25, -0.2) is 4.98 Å². The van der Waals surface area contributed by atoms with Crippen molar-refractivity contribution in [2.24, 2.45) is 0 Å². The SMILES string of the molecule is Cc1c(CSc2ccc(C(=O)N3CCCC3)cn2)cccc1[N+](=O)[O-]. The molecule has 0 unspecified atom stereocenters.